The molecule has 0 radical (unpaired) electrons. The standard InChI is InChI=1S/C26H19BrFN3O6/c1-36-21-13-15(11-19-24(33)30-26(35)31(25(19)34)18-5-3-2-4-6-18)12-20(27)23(21)37-14-22(32)29-17-9-7-16(28)8-10-17/h2-13H,14H2,1H3,(H,29,32)(H,30,33,35)/b19-11-. The number of carbonyl (C=O) groups excluding carboxylic acids is 4. The molecule has 3 aromatic carbocycles. The Kier molecular flexibility index (Phi) is 7.63. The molecule has 9 nitrogen and oxygen atoms in total. The predicted molar refractivity (Wildman–Crippen MR) is 137 cm³/mol. The van der Waals surface area contributed by atoms with Crippen LogP contribution in [0.25, 0.3) is 6.08 Å². The number of para-hydroxylation sites is 1. The normalized spacial score (nSPS) is 14.4. The van der Waals surface area contributed by atoms with E-state index in [1.54, 1.807) is 36.4 Å². The average Bonchev–Trinajstić information content (AvgIpc) is 2.87. The van der Waals surface area contributed by atoms with Gasteiger partial charge >= 0.3 is 6.03 Å². The lowest BCUT2D eigenvalue weighted by Gasteiger charge is -2.26. The van der Waals surface area contributed by atoms with Crippen LogP contribution >= 0.6 is 15.9 Å². The molecule has 0 spiro atoms. The summed E-state index contributed by atoms with van der Waals surface area (Å²) < 4.78 is 24.4. The number of carbonyl (C=O) groups is 4. The number of rotatable bonds is 7. The maximum atomic E-state index is 13.0. The van der Waals surface area contributed by atoms with Gasteiger partial charge in [-0.3, -0.25) is 19.7 Å². The molecule has 1 fully saturated rings. The molecule has 3 aromatic rings. The minimum atomic E-state index is -0.847. The summed E-state index contributed by atoms with van der Waals surface area (Å²) in [6.07, 6.45) is 1.32. The highest BCUT2D eigenvalue weighted by molar-refractivity contribution is 9.10. The summed E-state index contributed by atoms with van der Waals surface area (Å²) in [7, 11) is 1.39. The summed E-state index contributed by atoms with van der Waals surface area (Å²) in [5.74, 6) is -2.11. The van der Waals surface area contributed by atoms with Crippen LogP contribution in [-0.2, 0) is 14.4 Å². The summed E-state index contributed by atoms with van der Waals surface area (Å²) in [6.45, 7) is -0.373. The molecule has 0 aromatic heterocycles. The van der Waals surface area contributed by atoms with E-state index in [1.807, 2.05) is 0 Å². The number of amides is 5. The van der Waals surface area contributed by atoms with E-state index >= 15 is 0 Å². The van der Waals surface area contributed by atoms with Gasteiger partial charge in [0.05, 0.1) is 17.3 Å². The summed E-state index contributed by atoms with van der Waals surface area (Å²) in [5.41, 5.74) is 0.851. The number of nitrogens with one attached hydrogen (secondary N) is 2. The molecule has 1 saturated heterocycles. The zero-order valence-electron chi connectivity index (χ0n) is 19.3. The summed E-state index contributed by atoms with van der Waals surface area (Å²) in [4.78, 5) is 51.0. The van der Waals surface area contributed by atoms with E-state index in [4.69, 9.17) is 9.47 Å². The van der Waals surface area contributed by atoms with Crippen molar-refractivity contribution in [3.8, 4) is 11.5 Å². The first-order valence-corrected chi connectivity index (χ1v) is 11.6. The quantitative estimate of drug-likeness (QED) is 0.325. The topological polar surface area (TPSA) is 114 Å². The third kappa shape index (κ3) is 5.84. The van der Waals surface area contributed by atoms with E-state index in [1.165, 1.54) is 43.5 Å². The van der Waals surface area contributed by atoms with Crippen molar-refractivity contribution in [3.05, 3.63) is 88.2 Å². The van der Waals surface area contributed by atoms with Gasteiger partial charge in [0, 0.05) is 5.69 Å². The molecule has 11 heteroatoms. The van der Waals surface area contributed by atoms with Gasteiger partial charge in [0.2, 0.25) is 0 Å². The maximum absolute atomic E-state index is 13.0. The van der Waals surface area contributed by atoms with Crippen LogP contribution in [0.2, 0.25) is 0 Å². The first-order valence-electron chi connectivity index (χ1n) is 10.8. The fourth-order valence-electron chi connectivity index (χ4n) is 3.47. The minimum absolute atomic E-state index is 0.208. The van der Waals surface area contributed by atoms with Gasteiger partial charge in [-0.15, -0.1) is 0 Å². The van der Waals surface area contributed by atoms with E-state index in [-0.39, 0.29) is 23.7 Å². The van der Waals surface area contributed by atoms with E-state index in [0.29, 0.717) is 21.4 Å². The van der Waals surface area contributed by atoms with Crippen LogP contribution in [0.15, 0.2) is 76.8 Å². The summed E-state index contributed by atoms with van der Waals surface area (Å²) in [6, 6.07) is 15.7. The first-order chi connectivity index (χ1) is 17.8. The minimum Gasteiger partial charge on any atom is -0.493 e. The van der Waals surface area contributed by atoms with Gasteiger partial charge < -0.3 is 14.8 Å². The van der Waals surface area contributed by atoms with Crippen molar-refractivity contribution >= 4 is 57.1 Å². The van der Waals surface area contributed by atoms with Crippen LogP contribution in [-0.4, -0.2) is 37.5 Å². The second kappa shape index (κ2) is 11.0. The molecule has 0 unspecified atom stereocenters. The molecule has 5 amide bonds. The molecule has 1 heterocycles. The van der Waals surface area contributed by atoms with Crippen molar-refractivity contribution in [2.75, 3.05) is 23.9 Å². The predicted octanol–water partition coefficient (Wildman–Crippen LogP) is 4.28. The number of anilines is 2. The van der Waals surface area contributed by atoms with Gasteiger partial charge in [-0.2, -0.15) is 0 Å². The highest BCUT2D eigenvalue weighted by atomic mass is 79.9. The van der Waals surface area contributed by atoms with Crippen molar-refractivity contribution in [2.24, 2.45) is 0 Å². The average molecular weight is 568 g/mol. The third-order valence-electron chi connectivity index (χ3n) is 5.15. The number of hydrogen-bond acceptors (Lipinski definition) is 6. The molecular formula is C26H19BrFN3O6. The molecule has 0 saturated carbocycles. The second-order valence-corrected chi connectivity index (χ2v) is 8.53. The zero-order chi connectivity index (χ0) is 26.5. The highest BCUT2D eigenvalue weighted by Gasteiger charge is 2.36. The van der Waals surface area contributed by atoms with Gasteiger partial charge in [0.25, 0.3) is 17.7 Å². The monoisotopic (exact) mass is 567 g/mol. The lowest BCUT2D eigenvalue weighted by molar-refractivity contribution is -0.122. The van der Waals surface area contributed by atoms with Crippen molar-refractivity contribution in [2.45, 2.75) is 0 Å². The summed E-state index contributed by atoms with van der Waals surface area (Å²) in [5, 5.41) is 4.75. The molecule has 4 rings (SSSR count). The largest absolute Gasteiger partial charge is 0.493 e. The Morgan fingerprint density at radius 2 is 1.78 bits per heavy atom. The number of hydrogen-bond donors (Lipinski definition) is 2. The Labute approximate surface area is 219 Å². The molecular weight excluding hydrogens is 549 g/mol. The number of halogens is 2. The fourth-order valence-corrected chi connectivity index (χ4v) is 4.04. The number of benzene rings is 3. The van der Waals surface area contributed by atoms with E-state index < -0.39 is 29.6 Å². The molecule has 188 valence electrons. The molecule has 0 bridgehead atoms. The molecule has 37 heavy (non-hydrogen) atoms. The van der Waals surface area contributed by atoms with Gasteiger partial charge in [-0.05, 0) is 76.1 Å². The molecule has 2 N–H and O–H groups in total. The van der Waals surface area contributed by atoms with Crippen LogP contribution in [0.1, 0.15) is 5.56 Å². The van der Waals surface area contributed by atoms with E-state index in [2.05, 4.69) is 26.6 Å². The number of ether oxygens (including phenoxy) is 2. The van der Waals surface area contributed by atoms with Crippen LogP contribution in [0.3, 0.4) is 0 Å². The van der Waals surface area contributed by atoms with Crippen molar-refractivity contribution in [1.82, 2.24) is 5.32 Å². The van der Waals surface area contributed by atoms with Crippen LogP contribution < -0.4 is 25.0 Å². The lowest BCUT2D eigenvalue weighted by Crippen LogP contribution is -2.54. The lowest BCUT2D eigenvalue weighted by atomic mass is 10.1. The van der Waals surface area contributed by atoms with Crippen LogP contribution in [0.4, 0.5) is 20.6 Å². The van der Waals surface area contributed by atoms with Crippen molar-refractivity contribution in [1.29, 1.82) is 0 Å². The second-order valence-electron chi connectivity index (χ2n) is 7.67. The van der Waals surface area contributed by atoms with Gasteiger partial charge in [0.1, 0.15) is 11.4 Å². The number of methoxy groups -OCH3 is 1. The van der Waals surface area contributed by atoms with Crippen LogP contribution in [0, 0.1) is 5.82 Å². The molecule has 1 aliphatic rings. The highest BCUT2D eigenvalue weighted by Crippen LogP contribution is 2.37. The molecule has 0 aliphatic carbocycles. The Balaban J connectivity index is 1.54. The van der Waals surface area contributed by atoms with Gasteiger partial charge in [-0.25, -0.2) is 14.1 Å². The van der Waals surface area contributed by atoms with Crippen molar-refractivity contribution < 1.29 is 33.0 Å². The first kappa shape index (κ1) is 25.6. The SMILES string of the molecule is COc1cc(/C=C2/C(=O)NC(=O)N(c3ccccc3)C2=O)cc(Br)c1OCC(=O)Nc1ccc(F)cc1. The number of nitrogens with zero attached hydrogens (tertiary/aromatic N) is 1. The van der Waals surface area contributed by atoms with E-state index in [9.17, 15) is 23.6 Å². The summed E-state index contributed by atoms with van der Waals surface area (Å²) >= 11 is 3.36. The Bertz CT molecular complexity index is 1410. The smallest absolute Gasteiger partial charge is 0.335 e. The van der Waals surface area contributed by atoms with E-state index in [0.717, 1.165) is 4.90 Å². The number of imide groups is 2. The Morgan fingerprint density at radius 3 is 2.46 bits per heavy atom. The van der Waals surface area contributed by atoms with Gasteiger partial charge in [-0.1, -0.05) is 18.2 Å². The Morgan fingerprint density at radius 1 is 1.08 bits per heavy atom. The van der Waals surface area contributed by atoms with Gasteiger partial charge in [0.15, 0.2) is 18.1 Å². The van der Waals surface area contributed by atoms with Crippen LogP contribution in [0.5, 0.6) is 11.5 Å². The van der Waals surface area contributed by atoms with Crippen molar-refractivity contribution in [3.63, 3.8) is 0 Å². The Hall–Kier alpha value is -4.51. The zero-order valence-corrected chi connectivity index (χ0v) is 20.9. The molecule has 1 aliphatic heterocycles. The number of barbiturate groups is 1. The maximum Gasteiger partial charge on any atom is 0.335 e. The fraction of sp³-hybridized carbons (Fsp3) is 0.0769. The number of urea groups is 1. The third-order valence-corrected chi connectivity index (χ3v) is 5.74. The molecule has 0 atom stereocenters.